The molecule has 3 rings (SSSR count). The largest absolute Gasteiger partial charge is 0.355 e. The van der Waals surface area contributed by atoms with E-state index in [4.69, 9.17) is 0 Å². The summed E-state index contributed by atoms with van der Waals surface area (Å²) in [6.45, 7) is 8.21. The minimum atomic E-state index is -0.508. The van der Waals surface area contributed by atoms with Crippen LogP contribution in [0, 0.1) is 10.8 Å². The maximum absolute atomic E-state index is 12.9. The lowest BCUT2D eigenvalue weighted by Gasteiger charge is -2.41. The standard InChI is InChI=1S/C21H31N3O2/c1-20(10-12-22-13-11-20)15-23-19(26)21(2)9-6-14-24(16-21)18(25)17-7-4-3-5-8-17/h3-5,7-8,22H,6,9-16H2,1-2H3,(H,23,26). The van der Waals surface area contributed by atoms with Gasteiger partial charge in [0.1, 0.15) is 0 Å². The van der Waals surface area contributed by atoms with Crippen molar-refractivity contribution in [2.45, 2.75) is 39.5 Å². The number of hydrogen-bond acceptors (Lipinski definition) is 3. The van der Waals surface area contributed by atoms with Crippen molar-refractivity contribution in [1.29, 1.82) is 0 Å². The molecule has 2 N–H and O–H groups in total. The zero-order valence-corrected chi connectivity index (χ0v) is 16.0. The van der Waals surface area contributed by atoms with Gasteiger partial charge in [0.05, 0.1) is 5.41 Å². The quantitative estimate of drug-likeness (QED) is 0.870. The van der Waals surface area contributed by atoms with Crippen molar-refractivity contribution in [3.05, 3.63) is 35.9 Å². The third-order valence-corrected chi connectivity index (χ3v) is 6.04. The van der Waals surface area contributed by atoms with Gasteiger partial charge in [0.2, 0.25) is 5.91 Å². The first-order chi connectivity index (χ1) is 12.4. The number of carbonyl (C=O) groups is 2. The maximum Gasteiger partial charge on any atom is 0.253 e. The summed E-state index contributed by atoms with van der Waals surface area (Å²) in [6, 6.07) is 9.34. The fourth-order valence-corrected chi connectivity index (χ4v) is 4.08. The second kappa shape index (κ2) is 7.78. The first-order valence-corrected chi connectivity index (χ1v) is 9.75. The zero-order valence-electron chi connectivity index (χ0n) is 16.0. The second-order valence-electron chi connectivity index (χ2n) is 8.50. The smallest absolute Gasteiger partial charge is 0.253 e. The van der Waals surface area contributed by atoms with Gasteiger partial charge in [-0.25, -0.2) is 0 Å². The lowest BCUT2D eigenvalue weighted by atomic mass is 9.78. The number of carbonyl (C=O) groups excluding carboxylic acids is 2. The molecule has 2 heterocycles. The van der Waals surface area contributed by atoms with E-state index in [0.717, 1.165) is 51.9 Å². The molecule has 2 aliphatic heterocycles. The number of benzene rings is 1. The number of hydrogen-bond donors (Lipinski definition) is 2. The highest BCUT2D eigenvalue weighted by Crippen LogP contribution is 2.32. The van der Waals surface area contributed by atoms with Crippen LogP contribution in [0.4, 0.5) is 0 Å². The first-order valence-electron chi connectivity index (χ1n) is 9.75. The Hall–Kier alpha value is -1.88. The summed E-state index contributed by atoms with van der Waals surface area (Å²) in [6.07, 6.45) is 3.87. The third kappa shape index (κ3) is 4.26. The van der Waals surface area contributed by atoms with Crippen molar-refractivity contribution < 1.29 is 9.59 Å². The summed E-state index contributed by atoms with van der Waals surface area (Å²) in [7, 11) is 0. The minimum Gasteiger partial charge on any atom is -0.355 e. The predicted molar refractivity (Wildman–Crippen MR) is 103 cm³/mol. The third-order valence-electron chi connectivity index (χ3n) is 6.04. The molecule has 0 aromatic heterocycles. The van der Waals surface area contributed by atoms with Crippen molar-refractivity contribution in [3.63, 3.8) is 0 Å². The van der Waals surface area contributed by atoms with Crippen LogP contribution in [-0.4, -0.2) is 49.4 Å². The zero-order chi connectivity index (χ0) is 18.6. The lowest BCUT2D eigenvalue weighted by molar-refractivity contribution is -0.133. The van der Waals surface area contributed by atoms with Crippen LogP contribution in [0.3, 0.4) is 0 Å². The highest BCUT2D eigenvalue weighted by atomic mass is 16.2. The summed E-state index contributed by atoms with van der Waals surface area (Å²) in [5.74, 6) is 0.109. The molecule has 142 valence electrons. The molecule has 5 heteroatoms. The van der Waals surface area contributed by atoms with Gasteiger partial charge in [0, 0.05) is 25.2 Å². The molecule has 1 aromatic carbocycles. The normalized spacial score (nSPS) is 25.5. The average Bonchev–Trinajstić information content (AvgIpc) is 2.67. The average molecular weight is 357 g/mol. The monoisotopic (exact) mass is 357 g/mol. The van der Waals surface area contributed by atoms with E-state index in [2.05, 4.69) is 17.6 Å². The number of likely N-dealkylation sites (tertiary alicyclic amines) is 1. The van der Waals surface area contributed by atoms with E-state index in [1.54, 1.807) is 0 Å². The van der Waals surface area contributed by atoms with E-state index >= 15 is 0 Å². The van der Waals surface area contributed by atoms with Gasteiger partial charge in [0.15, 0.2) is 0 Å². The summed E-state index contributed by atoms with van der Waals surface area (Å²) in [5.41, 5.74) is 0.358. The van der Waals surface area contributed by atoms with Crippen molar-refractivity contribution in [2.75, 3.05) is 32.7 Å². The molecule has 2 aliphatic rings. The van der Waals surface area contributed by atoms with Gasteiger partial charge in [-0.2, -0.15) is 0 Å². The Bertz CT molecular complexity index is 640. The lowest BCUT2D eigenvalue weighted by Crippen LogP contribution is -2.53. The van der Waals surface area contributed by atoms with Crippen LogP contribution in [0.5, 0.6) is 0 Å². The highest BCUT2D eigenvalue weighted by molar-refractivity contribution is 5.95. The summed E-state index contributed by atoms with van der Waals surface area (Å²) in [4.78, 5) is 27.5. The van der Waals surface area contributed by atoms with Crippen molar-refractivity contribution in [3.8, 4) is 0 Å². The molecule has 5 nitrogen and oxygen atoms in total. The van der Waals surface area contributed by atoms with Gasteiger partial charge in [-0.3, -0.25) is 9.59 Å². The van der Waals surface area contributed by atoms with E-state index in [1.165, 1.54) is 0 Å². The Kier molecular flexibility index (Phi) is 5.66. The van der Waals surface area contributed by atoms with Crippen LogP contribution >= 0.6 is 0 Å². The number of nitrogens with zero attached hydrogens (tertiary/aromatic N) is 1. The van der Waals surface area contributed by atoms with Crippen LogP contribution in [0.1, 0.15) is 49.9 Å². The molecule has 2 amide bonds. The number of piperidine rings is 2. The molecular formula is C21H31N3O2. The van der Waals surface area contributed by atoms with Gasteiger partial charge in [-0.05, 0) is 63.2 Å². The minimum absolute atomic E-state index is 0.0228. The maximum atomic E-state index is 12.9. The van der Waals surface area contributed by atoms with Gasteiger partial charge in [0.25, 0.3) is 5.91 Å². The van der Waals surface area contributed by atoms with Crippen LogP contribution in [0.2, 0.25) is 0 Å². The molecule has 0 aliphatic carbocycles. The van der Waals surface area contributed by atoms with Crippen LogP contribution in [-0.2, 0) is 4.79 Å². The predicted octanol–water partition coefficient (Wildman–Crippen LogP) is 2.43. The van der Waals surface area contributed by atoms with Crippen molar-refractivity contribution in [2.24, 2.45) is 10.8 Å². The summed E-state index contributed by atoms with van der Waals surface area (Å²) >= 11 is 0. The van der Waals surface area contributed by atoms with Gasteiger partial charge in [-0.1, -0.05) is 25.1 Å². The number of amides is 2. The molecule has 2 fully saturated rings. The van der Waals surface area contributed by atoms with Crippen LogP contribution in [0.15, 0.2) is 30.3 Å². The van der Waals surface area contributed by atoms with Gasteiger partial charge >= 0.3 is 0 Å². The molecule has 0 radical (unpaired) electrons. The number of nitrogens with one attached hydrogen (secondary N) is 2. The van der Waals surface area contributed by atoms with E-state index in [9.17, 15) is 9.59 Å². The highest BCUT2D eigenvalue weighted by Gasteiger charge is 2.40. The van der Waals surface area contributed by atoms with Crippen molar-refractivity contribution in [1.82, 2.24) is 15.5 Å². The molecule has 26 heavy (non-hydrogen) atoms. The Labute approximate surface area is 156 Å². The molecule has 1 atom stereocenters. The number of rotatable bonds is 4. The fraction of sp³-hybridized carbons (Fsp3) is 0.619. The Morgan fingerprint density at radius 2 is 1.81 bits per heavy atom. The molecule has 1 aromatic rings. The summed E-state index contributed by atoms with van der Waals surface area (Å²) in [5, 5.41) is 6.57. The van der Waals surface area contributed by atoms with Gasteiger partial charge < -0.3 is 15.5 Å². The summed E-state index contributed by atoms with van der Waals surface area (Å²) < 4.78 is 0. The van der Waals surface area contributed by atoms with E-state index in [-0.39, 0.29) is 17.2 Å². The van der Waals surface area contributed by atoms with Crippen LogP contribution < -0.4 is 10.6 Å². The van der Waals surface area contributed by atoms with E-state index in [1.807, 2.05) is 42.2 Å². The molecule has 0 bridgehead atoms. The molecular weight excluding hydrogens is 326 g/mol. The Morgan fingerprint density at radius 3 is 2.50 bits per heavy atom. The Balaban J connectivity index is 1.61. The molecule has 0 spiro atoms. The fourth-order valence-electron chi connectivity index (χ4n) is 4.08. The topological polar surface area (TPSA) is 61.4 Å². The van der Waals surface area contributed by atoms with Crippen LogP contribution in [0.25, 0.3) is 0 Å². The molecule has 0 saturated carbocycles. The molecule has 2 saturated heterocycles. The molecule has 1 unspecified atom stereocenters. The Morgan fingerprint density at radius 1 is 1.12 bits per heavy atom. The van der Waals surface area contributed by atoms with E-state index in [0.29, 0.717) is 12.1 Å². The van der Waals surface area contributed by atoms with Gasteiger partial charge in [-0.15, -0.1) is 0 Å². The van der Waals surface area contributed by atoms with Crippen molar-refractivity contribution >= 4 is 11.8 Å². The SMILES string of the molecule is CC1(CNC(=O)C2(C)CCCN(C(=O)c3ccccc3)C2)CCNCC1. The second-order valence-corrected chi connectivity index (χ2v) is 8.50. The van der Waals surface area contributed by atoms with E-state index < -0.39 is 5.41 Å². The first kappa shape index (κ1) is 18.9.